The Balaban J connectivity index is 1.99. The molecule has 0 bridgehead atoms. The van der Waals surface area contributed by atoms with Crippen molar-refractivity contribution in [2.75, 3.05) is 19.0 Å². The SMILES string of the molecule is CCCNc1cc(C)nc(COc2ccc(OC)cc2)n1. The highest BCUT2D eigenvalue weighted by Crippen LogP contribution is 2.18. The topological polar surface area (TPSA) is 56.3 Å². The van der Waals surface area contributed by atoms with Crippen LogP contribution in [0.25, 0.3) is 0 Å². The molecule has 112 valence electrons. The maximum absolute atomic E-state index is 5.70. The second-order valence-electron chi connectivity index (χ2n) is 4.70. The van der Waals surface area contributed by atoms with Crippen LogP contribution in [0.4, 0.5) is 5.82 Å². The molecule has 0 atom stereocenters. The molecule has 0 aliphatic heterocycles. The minimum Gasteiger partial charge on any atom is -0.497 e. The summed E-state index contributed by atoms with van der Waals surface area (Å²) in [7, 11) is 1.64. The number of aromatic nitrogens is 2. The summed E-state index contributed by atoms with van der Waals surface area (Å²) in [5.41, 5.74) is 0.928. The van der Waals surface area contributed by atoms with E-state index in [0.717, 1.165) is 36.0 Å². The molecule has 1 aromatic carbocycles. The van der Waals surface area contributed by atoms with Crippen molar-refractivity contribution in [2.45, 2.75) is 26.9 Å². The summed E-state index contributed by atoms with van der Waals surface area (Å²) in [5.74, 6) is 3.09. The summed E-state index contributed by atoms with van der Waals surface area (Å²) in [5, 5.41) is 3.27. The fourth-order valence-corrected chi connectivity index (χ4v) is 1.86. The molecule has 0 unspecified atom stereocenters. The van der Waals surface area contributed by atoms with Gasteiger partial charge in [-0.25, -0.2) is 9.97 Å². The molecule has 1 aromatic heterocycles. The second kappa shape index (κ2) is 7.47. The Kier molecular flexibility index (Phi) is 5.37. The summed E-state index contributed by atoms with van der Waals surface area (Å²) in [6.45, 7) is 5.31. The first-order chi connectivity index (χ1) is 10.2. The molecule has 0 aliphatic carbocycles. The molecule has 2 aromatic rings. The third-order valence-corrected chi connectivity index (χ3v) is 2.88. The number of rotatable bonds is 7. The van der Waals surface area contributed by atoms with E-state index >= 15 is 0 Å². The molecule has 0 radical (unpaired) electrons. The fourth-order valence-electron chi connectivity index (χ4n) is 1.86. The van der Waals surface area contributed by atoms with Crippen molar-refractivity contribution < 1.29 is 9.47 Å². The van der Waals surface area contributed by atoms with Gasteiger partial charge in [-0.2, -0.15) is 0 Å². The number of hydrogen-bond donors (Lipinski definition) is 1. The van der Waals surface area contributed by atoms with Gasteiger partial charge in [0.1, 0.15) is 23.9 Å². The zero-order valence-corrected chi connectivity index (χ0v) is 12.7. The maximum atomic E-state index is 5.70. The Bertz CT molecular complexity index is 570. The Labute approximate surface area is 125 Å². The van der Waals surface area contributed by atoms with Crippen molar-refractivity contribution >= 4 is 5.82 Å². The average molecular weight is 287 g/mol. The molecule has 2 rings (SSSR count). The lowest BCUT2D eigenvalue weighted by Crippen LogP contribution is -2.08. The zero-order valence-electron chi connectivity index (χ0n) is 12.7. The minimum absolute atomic E-state index is 0.342. The number of benzene rings is 1. The van der Waals surface area contributed by atoms with Gasteiger partial charge in [0.05, 0.1) is 7.11 Å². The van der Waals surface area contributed by atoms with Gasteiger partial charge in [0.25, 0.3) is 0 Å². The van der Waals surface area contributed by atoms with Crippen LogP contribution in [0.15, 0.2) is 30.3 Å². The van der Waals surface area contributed by atoms with Crippen LogP contribution in [-0.2, 0) is 6.61 Å². The van der Waals surface area contributed by atoms with Crippen LogP contribution in [-0.4, -0.2) is 23.6 Å². The molecule has 0 fully saturated rings. The molecule has 0 spiro atoms. The third-order valence-electron chi connectivity index (χ3n) is 2.88. The lowest BCUT2D eigenvalue weighted by molar-refractivity contribution is 0.295. The van der Waals surface area contributed by atoms with Crippen molar-refractivity contribution in [3.8, 4) is 11.5 Å². The first-order valence-electron chi connectivity index (χ1n) is 7.06. The Morgan fingerprint density at radius 3 is 2.48 bits per heavy atom. The summed E-state index contributed by atoms with van der Waals surface area (Å²) in [6, 6.07) is 9.39. The standard InChI is InChI=1S/C16H21N3O2/c1-4-9-17-15-10-12(2)18-16(19-15)11-21-14-7-5-13(20-3)6-8-14/h5-8,10H,4,9,11H2,1-3H3,(H,17,18,19). The number of aryl methyl sites for hydroxylation is 1. The molecular weight excluding hydrogens is 266 g/mol. The van der Waals surface area contributed by atoms with E-state index < -0.39 is 0 Å². The van der Waals surface area contributed by atoms with E-state index in [1.165, 1.54) is 0 Å². The Morgan fingerprint density at radius 1 is 1.10 bits per heavy atom. The van der Waals surface area contributed by atoms with Gasteiger partial charge >= 0.3 is 0 Å². The van der Waals surface area contributed by atoms with Crippen molar-refractivity contribution in [1.82, 2.24) is 9.97 Å². The van der Waals surface area contributed by atoms with Crippen LogP contribution in [0.2, 0.25) is 0 Å². The molecule has 0 saturated carbocycles. The third kappa shape index (κ3) is 4.63. The van der Waals surface area contributed by atoms with Gasteiger partial charge in [0.15, 0.2) is 5.82 Å². The monoisotopic (exact) mass is 287 g/mol. The molecule has 0 saturated heterocycles. The predicted octanol–water partition coefficient (Wildman–Crippen LogP) is 3.19. The quantitative estimate of drug-likeness (QED) is 0.847. The summed E-state index contributed by atoms with van der Waals surface area (Å²) in [4.78, 5) is 8.84. The fraction of sp³-hybridized carbons (Fsp3) is 0.375. The van der Waals surface area contributed by atoms with Gasteiger partial charge in [0, 0.05) is 18.3 Å². The van der Waals surface area contributed by atoms with Crippen LogP contribution < -0.4 is 14.8 Å². The van der Waals surface area contributed by atoms with E-state index in [-0.39, 0.29) is 0 Å². The highest BCUT2D eigenvalue weighted by molar-refractivity contribution is 5.36. The van der Waals surface area contributed by atoms with Crippen LogP contribution in [0, 0.1) is 6.92 Å². The summed E-state index contributed by atoms with van der Waals surface area (Å²) < 4.78 is 10.8. The summed E-state index contributed by atoms with van der Waals surface area (Å²) in [6.07, 6.45) is 1.06. The lowest BCUT2D eigenvalue weighted by Gasteiger charge is -2.09. The van der Waals surface area contributed by atoms with Crippen molar-refractivity contribution in [1.29, 1.82) is 0 Å². The number of nitrogens with one attached hydrogen (secondary N) is 1. The van der Waals surface area contributed by atoms with Crippen molar-refractivity contribution in [3.63, 3.8) is 0 Å². The van der Waals surface area contributed by atoms with E-state index in [1.54, 1.807) is 7.11 Å². The minimum atomic E-state index is 0.342. The second-order valence-corrected chi connectivity index (χ2v) is 4.70. The predicted molar refractivity (Wildman–Crippen MR) is 82.9 cm³/mol. The number of ether oxygens (including phenoxy) is 2. The lowest BCUT2D eigenvalue weighted by atomic mass is 10.3. The molecule has 1 N–H and O–H groups in total. The molecule has 0 amide bonds. The molecule has 5 heteroatoms. The van der Waals surface area contributed by atoms with Crippen molar-refractivity contribution in [2.24, 2.45) is 0 Å². The normalized spacial score (nSPS) is 10.2. The molecule has 5 nitrogen and oxygen atoms in total. The van der Waals surface area contributed by atoms with Gasteiger partial charge in [-0.3, -0.25) is 0 Å². The number of nitrogens with zero attached hydrogens (tertiary/aromatic N) is 2. The molecule has 1 heterocycles. The van der Waals surface area contributed by atoms with Crippen LogP contribution in [0.1, 0.15) is 24.9 Å². The first kappa shape index (κ1) is 15.1. The molecule has 21 heavy (non-hydrogen) atoms. The van der Waals surface area contributed by atoms with Gasteiger partial charge in [-0.1, -0.05) is 6.92 Å². The van der Waals surface area contributed by atoms with Crippen LogP contribution >= 0.6 is 0 Å². The number of anilines is 1. The zero-order chi connectivity index (χ0) is 15.1. The van der Waals surface area contributed by atoms with Crippen LogP contribution in [0.3, 0.4) is 0 Å². The van der Waals surface area contributed by atoms with Gasteiger partial charge in [-0.15, -0.1) is 0 Å². The number of methoxy groups -OCH3 is 1. The van der Waals surface area contributed by atoms with E-state index in [1.807, 2.05) is 37.3 Å². The Hall–Kier alpha value is -2.30. The smallest absolute Gasteiger partial charge is 0.168 e. The highest BCUT2D eigenvalue weighted by Gasteiger charge is 2.03. The maximum Gasteiger partial charge on any atom is 0.168 e. The molecular formula is C16H21N3O2. The Morgan fingerprint density at radius 2 is 1.81 bits per heavy atom. The summed E-state index contributed by atoms with van der Waals surface area (Å²) >= 11 is 0. The van der Waals surface area contributed by atoms with E-state index in [0.29, 0.717) is 12.4 Å². The number of hydrogen-bond acceptors (Lipinski definition) is 5. The van der Waals surface area contributed by atoms with Crippen LogP contribution in [0.5, 0.6) is 11.5 Å². The highest BCUT2D eigenvalue weighted by atomic mass is 16.5. The van der Waals surface area contributed by atoms with Crippen molar-refractivity contribution in [3.05, 3.63) is 41.9 Å². The first-order valence-corrected chi connectivity index (χ1v) is 7.06. The van der Waals surface area contributed by atoms with Gasteiger partial charge < -0.3 is 14.8 Å². The van der Waals surface area contributed by atoms with E-state index in [2.05, 4.69) is 22.2 Å². The van der Waals surface area contributed by atoms with Gasteiger partial charge in [0.2, 0.25) is 0 Å². The van der Waals surface area contributed by atoms with Gasteiger partial charge in [-0.05, 0) is 37.6 Å². The van der Waals surface area contributed by atoms with E-state index in [4.69, 9.17) is 9.47 Å². The molecule has 0 aliphatic rings. The largest absolute Gasteiger partial charge is 0.497 e. The van der Waals surface area contributed by atoms with E-state index in [9.17, 15) is 0 Å². The average Bonchev–Trinajstić information content (AvgIpc) is 2.51.